The van der Waals surface area contributed by atoms with Crippen LogP contribution in [0.5, 0.6) is 5.88 Å². The summed E-state index contributed by atoms with van der Waals surface area (Å²) in [5, 5.41) is 6.95. The second-order valence-electron chi connectivity index (χ2n) is 6.79. The zero-order chi connectivity index (χ0) is 21.0. The fraction of sp³-hybridized carbons (Fsp3) is 0.227. The molecule has 1 N–H and O–H groups in total. The number of amides is 1. The molecule has 0 spiro atoms. The molecule has 0 bridgehead atoms. The molecule has 150 valence electrons. The summed E-state index contributed by atoms with van der Waals surface area (Å²) in [5.74, 6) is -0.519. The van der Waals surface area contributed by atoms with E-state index in [2.05, 4.69) is 10.4 Å². The molecule has 1 atom stereocenters. The minimum absolute atomic E-state index is 0.160. The lowest BCUT2D eigenvalue weighted by Gasteiger charge is -2.15. The molecule has 3 aromatic rings. The van der Waals surface area contributed by atoms with Crippen LogP contribution < -0.4 is 15.6 Å². The van der Waals surface area contributed by atoms with Crippen molar-refractivity contribution < 1.29 is 13.9 Å². The molecule has 0 aliphatic rings. The minimum atomic E-state index is -0.825. The molecule has 1 aromatic heterocycles. The molecule has 0 radical (unpaired) electrons. The van der Waals surface area contributed by atoms with Crippen molar-refractivity contribution in [1.82, 2.24) is 15.1 Å². The van der Waals surface area contributed by atoms with E-state index in [0.29, 0.717) is 5.69 Å². The molecule has 0 aliphatic heterocycles. The number of carbonyl (C=O) groups excluding carboxylic acids is 1. The summed E-state index contributed by atoms with van der Waals surface area (Å²) in [6, 6.07) is 14.2. The Hall–Kier alpha value is -3.48. The van der Waals surface area contributed by atoms with Gasteiger partial charge in [-0.25, -0.2) is 4.39 Å². The molecule has 0 saturated carbocycles. The second kappa shape index (κ2) is 8.68. The number of carbonyl (C=O) groups is 1. The molecule has 1 amide bonds. The molecule has 1 heterocycles. The molecule has 3 rings (SSSR count). The van der Waals surface area contributed by atoms with Gasteiger partial charge in [0, 0.05) is 18.7 Å². The number of ether oxygens (including phenoxy) is 1. The van der Waals surface area contributed by atoms with Crippen molar-refractivity contribution in [3.8, 4) is 11.6 Å². The average molecular weight is 395 g/mol. The normalized spacial score (nSPS) is 11.7. The standard InChI is InChI=1S/C22H22FN3O3/c1-14-4-9-19(12-15(14)2)26-21(27)11-10-20(25-26)29-16(3)22(28)24-13-17-5-7-18(23)8-6-17/h4-12,16H,13H2,1-3H3,(H,24,28)/t16-/m0/s1. The fourth-order valence-electron chi connectivity index (χ4n) is 2.67. The predicted molar refractivity (Wildman–Crippen MR) is 108 cm³/mol. The molecular formula is C22H22FN3O3. The summed E-state index contributed by atoms with van der Waals surface area (Å²) in [7, 11) is 0. The minimum Gasteiger partial charge on any atom is -0.464 e. The van der Waals surface area contributed by atoms with Crippen LogP contribution >= 0.6 is 0 Å². The molecule has 6 nitrogen and oxygen atoms in total. The van der Waals surface area contributed by atoms with E-state index in [-0.39, 0.29) is 29.7 Å². The van der Waals surface area contributed by atoms with Crippen LogP contribution in [0.4, 0.5) is 4.39 Å². The highest BCUT2D eigenvalue weighted by molar-refractivity contribution is 5.80. The van der Waals surface area contributed by atoms with Gasteiger partial charge in [-0.2, -0.15) is 4.68 Å². The van der Waals surface area contributed by atoms with E-state index >= 15 is 0 Å². The van der Waals surface area contributed by atoms with Gasteiger partial charge >= 0.3 is 0 Å². The molecule has 0 unspecified atom stereocenters. The summed E-state index contributed by atoms with van der Waals surface area (Å²) in [6.45, 7) is 5.79. The Morgan fingerprint density at radius 2 is 1.83 bits per heavy atom. The van der Waals surface area contributed by atoms with Gasteiger partial charge in [0.05, 0.1) is 5.69 Å². The maximum Gasteiger partial charge on any atom is 0.271 e. The van der Waals surface area contributed by atoms with Crippen LogP contribution in [0.2, 0.25) is 0 Å². The summed E-state index contributed by atoms with van der Waals surface area (Å²) in [4.78, 5) is 24.5. The van der Waals surface area contributed by atoms with Crippen molar-refractivity contribution in [3.05, 3.63) is 87.5 Å². The first-order valence-electron chi connectivity index (χ1n) is 9.20. The molecule has 0 fully saturated rings. The summed E-state index contributed by atoms with van der Waals surface area (Å²) in [6.07, 6.45) is -0.825. The van der Waals surface area contributed by atoms with Crippen LogP contribution in [-0.4, -0.2) is 21.8 Å². The highest BCUT2D eigenvalue weighted by Crippen LogP contribution is 2.14. The van der Waals surface area contributed by atoms with Gasteiger partial charge < -0.3 is 10.1 Å². The summed E-state index contributed by atoms with van der Waals surface area (Å²) >= 11 is 0. The monoisotopic (exact) mass is 395 g/mol. The lowest BCUT2D eigenvalue weighted by atomic mass is 10.1. The second-order valence-corrected chi connectivity index (χ2v) is 6.79. The van der Waals surface area contributed by atoms with Crippen molar-refractivity contribution in [3.63, 3.8) is 0 Å². The number of benzene rings is 2. The van der Waals surface area contributed by atoms with Crippen LogP contribution in [-0.2, 0) is 11.3 Å². The maximum absolute atomic E-state index is 12.9. The third-order valence-electron chi connectivity index (χ3n) is 4.56. The van der Waals surface area contributed by atoms with Crippen molar-refractivity contribution in [1.29, 1.82) is 0 Å². The molecule has 0 aliphatic carbocycles. The predicted octanol–water partition coefficient (Wildman–Crippen LogP) is 3.07. The molecular weight excluding hydrogens is 373 g/mol. The first kappa shape index (κ1) is 20.3. The summed E-state index contributed by atoms with van der Waals surface area (Å²) in [5.41, 5.74) is 3.25. The molecule has 29 heavy (non-hydrogen) atoms. The van der Waals surface area contributed by atoms with E-state index in [9.17, 15) is 14.0 Å². The number of aryl methyl sites for hydroxylation is 2. The number of nitrogens with one attached hydrogen (secondary N) is 1. The highest BCUT2D eigenvalue weighted by atomic mass is 19.1. The number of aromatic nitrogens is 2. The fourth-order valence-corrected chi connectivity index (χ4v) is 2.67. The van der Waals surface area contributed by atoms with Crippen LogP contribution in [0.1, 0.15) is 23.6 Å². The van der Waals surface area contributed by atoms with Crippen LogP contribution in [0.25, 0.3) is 5.69 Å². The Bertz CT molecular complexity index is 1080. The molecule has 0 saturated heterocycles. The van der Waals surface area contributed by atoms with Gasteiger partial charge in [0.25, 0.3) is 11.5 Å². The number of hydrogen-bond donors (Lipinski definition) is 1. The zero-order valence-corrected chi connectivity index (χ0v) is 16.5. The van der Waals surface area contributed by atoms with E-state index in [1.807, 2.05) is 26.0 Å². The number of rotatable bonds is 6. The average Bonchev–Trinajstić information content (AvgIpc) is 2.71. The first-order chi connectivity index (χ1) is 13.8. The van der Waals surface area contributed by atoms with Gasteiger partial charge in [-0.3, -0.25) is 9.59 Å². The van der Waals surface area contributed by atoms with Gasteiger partial charge in [-0.05, 0) is 61.7 Å². The lowest BCUT2D eigenvalue weighted by molar-refractivity contribution is -0.127. The third-order valence-corrected chi connectivity index (χ3v) is 4.56. The van der Waals surface area contributed by atoms with Crippen LogP contribution in [0, 0.1) is 19.7 Å². The Morgan fingerprint density at radius 3 is 2.52 bits per heavy atom. The Morgan fingerprint density at radius 1 is 1.10 bits per heavy atom. The lowest BCUT2D eigenvalue weighted by Crippen LogP contribution is -2.36. The topological polar surface area (TPSA) is 73.2 Å². The Balaban J connectivity index is 1.69. The Labute approximate surface area is 168 Å². The maximum atomic E-state index is 12.9. The van der Waals surface area contributed by atoms with Crippen molar-refractivity contribution in [2.24, 2.45) is 0 Å². The van der Waals surface area contributed by atoms with E-state index in [1.54, 1.807) is 25.1 Å². The van der Waals surface area contributed by atoms with Gasteiger partial charge in [0.2, 0.25) is 5.88 Å². The SMILES string of the molecule is Cc1ccc(-n2nc(O[C@@H](C)C(=O)NCc3ccc(F)cc3)ccc2=O)cc1C. The summed E-state index contributed by atoms with van der Waals surface area (Å²) < 4.78 is 19.8. The first-order valence-corrected chi connectivity index (χ1v) is 9.20. The Kier molecular flexibility index (Phi) is 6.07. The number of hydrogen-bond acceptors (Lipinski definition) is 4. The highest BCUT2D eigenvalue weighted by Gasteiger charge is 2.16. The number of nitrogens with zero attached hydrogens (tertiary/aromatic N) is 2. The molecule has 7 heteroatoms. The number of halogens is 1. The smallest absolute Gasteiger partial charge is 0.271 e. The van der Waals surface area contributed by atoms with Gasteiger partial charge in [0.1, 0.15) is 5.82 Å². The molecule has 2 aromatic carbocycles. The van der Waals surface area contributed by atoms with Gasteiger partial charge in [-0.1, -0.05) is 18.2 Å². The van der Waals surface area contributed by atoms with Crippen molar-refractivity contribution in [2.75, 3.05) is 0 Å². The van der Waals surface area contributed by atoms with Gasteiger partial charge in [-0.15, -0.1) is 5.10 Å². The van der Waals surface area contributed by atoms with E-state index < -0.39 is 6.10 Å². The van der Waals surface area contributed by atoms with E-state index in [1.165, 1.54) is 28.9 Å². The third kappa shape index (κ3) is 5.07. The quantitative estimate of drug-likeness (QED) is 0.696. The van der Waals surface area contributed by atoms with E-state index in [0.717, 1.165) is 16.7 Å². The van der Waals surface area contributed by atoms with E-state index in [4.69, 9.17) is 4.74 Å². The van der Waals surface area contributed by atoms with Crippen molar-refractivity contribution >= 4 is 5.91 Å². The van der Waals surface area contributed by atoms with Crippen molar-refractivity contribution in [2.45, 2.75) is 33.4 Å². The van der Waals surface area contributed by atoms with Crippen LogP contribution in [0.3, 0.4) is 0 Å². The zero-order valence-electron chi connectivity index (χ0n) is 16.5. The largest absolute Gasteiger partial charge is 0.464 e. The van der Waals surface area contributed by atoms with Crippen LogP contribution in [0.15, 0.2) is 59.4 Å². The van der Waals surface area contributed by atoms with Gasteiger partial charge in [0.15, 0.2) is 6.10 Å².